The number of para-hydroxylation sites is 1. The van der Waals surface area contributed by atoms with Crippen LogP contribution in [0.2, 0.25) is 5.02 Å². The summed E-state index contributed by atoms with van der Waals surface area (Å²) in [6.07, 6.45) is 1.52. The van der Waals surface area contributed by atoms with E-state index in [0.29, 0.717) is 16.4 Å². The maximum atomic E-state index is 12.2. The number of benzene rings is 1. The molecule has 3 N–H and O–H groups in total. The first-order valence-electron chi connectivity index (χ1n) is 5.98. The summed E-state index contributed by atoms with van der Waals surface area (Å²) in [5.41, 5.74) is 7.61. The lowest BCUT2D eigenvalue weighted by Gasteiger charge is -2.19. The molecule has 1 amide bonds. The number of anilines is 3. The van der Waals surface area contributed by atoms with Crippen molar-refractivity contribution in [1.82, 2.24) is 4.98 Å². The number of pyridine rings is 1. The topological polar surface area (TPSA) is 71.2 Å². The highest BCUT2D eigenvalue weighted by molar-refractivity contribution is 6.34. The lowest BCUT2D eigenvalue weighted by atomic mass is 10.2. The minimum Gasteiger partial charge on any atom is -0.397 e. The van der Waals surface area contributed by atoms with Gasteiger partial charge in [-0.25, -0.2) is 4.98 Å². The normalized spacial score (nSPS) is 10.2. The van der Waals surface area contributed by atoms with Crippen molar-refractivity contribution in [2.75, 3.05) is 30.0 Å². The van der Waals surface area contributed by atoms with E-state index in [9.17, 15) is 4.79 Å². The predicted octanol–water partition coefficient (Wildman–Crippen LogP) is 2.64. The van der Waals surface area contributed by atoms with Gasteiger partial charge in [-0.15, -0.1) is 0 Å². The number of carbonyl (C=O) groups excluding carboxylic acids is 1. The summed E-state index contributed by atoms with van der Waals surface area (Å²) in [7, 11) is 3.71. The number of nitrogen functional groups attached to an aromatic ring is 1. The van der Waals surface area contributed by atoms with Crippen LogP contribution in [0.1, 0.15) is 10.5 Å². The maximum absolute atomic E-state index is 12.2. The highest BCUT2D eigenvalue weighted by Crippen LogP contribution is 2.32. The average Bonchev–Trinajstić information content (AvgIpc) is 2.38. The Kier molecular flexibility index (Phi) is 4.10. The molecule has 104 valence electrons. The second-order valence-electron chi connectivity index (χ2n) is 4.43. The van der Waals surface area contributed by atoms with E-state index in [1.807, 2.05) is 19.0 Å². The molecule has 1 heterocycles. The summed E-state index contributed by atoms with van der Waals surface area (Å²) in [5.74, 6) is -0.367. The van der Waals surface area contributed by atoms with Crippen molar-refractivity contribution in [3.63, 3.8) is 0 Å². The van der Waals surface area contributed by atoms with Crippen LogP contribution in [-0.2, 0) is 0 Å². The third-order valence-electron chi connectivity index (χ3n) is 2.74. The Labute approximate surface area is 122 Å². The van der Waals surface area contributed by atoms with Crippen molar-refractivity contribution in [2.45, 2.75) is 0 Å². The van der Waals surface area contributed by atoms with E-state index in [1.54, 1.807) is 30.3 Å². The molecule has 6 heteroatoms. The Morgan fingerprint density at radius 2 is 2.05 bits per heavy atom. The minimum atomic E-state index is -0.367. The van der Waals surface area contributed by atoms with Crippen LogP contribution < -0.4 is 16.0 Å². The van der Waals surface area contributed by atoms with E-state index in [4.69, 9.17) is 17.3 Å². The molecule has 1 aromatic heterocycles. The van der Waals surface area contributed by atoms with E-state index >= 15 is 0 Å². The summed E-state index contributed by atoms with van der Waals surface area (Å²) in [4.78, 5) is 18.0. The summed E-state index contributed by atoms with van der Waals surface area (Å²) < 4.78 is 0. The Bertz CT molecular complexity index is 643. The van der Waals surface area contributed by atoms with Crippen molar-refractivity contribution in [3.8, 4) is 0 Å². The van der Waals surface area contributed by atoms with Crippen molar-refractivity contribution >= 4 is 34.6 Å². The Morgan fingerprint density at radius 3 is 2.70 bits per heavy atom. The Hall–Kier alpha value is -2.27. The van der Waals surface area contributed by atoms with Crippen LogP contribution in [0.25, 0.3) is 0 Å². The SMILES string of the molecule is CN(C)c1c(Cl)cccc1NC(=O)c1ncccc1N. The van der Waals surface area contributed by atoms with Gasteiger partial charge in [-0.05, 0) is 24.3 Å². The highest BCUT2D eigenvalue weighted by Gasteiger charge is 2.15. The largest absolute Gasteiger partial charge is 0.397 e. The van der Waals surface area contributed by atoms with Gasteiger partial charge < -0.3 is 16.0 Å². The summed E-state index contributed by atoms with van der Waals surface area (Å²) >= 11 is 6.15. The number of carbonyl (C=O) groups is 1. The summed E-state index contributed by atoms with van der Waals surface area (Å²) in [5, 5.41) is 3.34. The molecule has 1 aromatic carbocycles. The molecule has 0 aliphatic rings. The zero-order chi connectivity index (χ0) is 14.7. The predicted molar refractivity (Wildman–Crippen MR) is 82.4 cm³/mol. The van der Waals surface area contributed by atoms with Crippen LogP contribution in [0.3, 0.4) is 0 Å². The zero-order valence-corrected chi connectivity index (χ0v) is 12.0. The quantitative estimate of drug-likeness (QED) is 0.911. The fourth-order valence-electron chi connectivity index (χ4n) is 1.86. The molecule has 0 radical (unpaired) electrons. The third kappa shape index (κ3) is 2.83. The first-order chi connectivity index (χ1) is 9.50. The first-order valence-corrected chi connectivity index (χ1v) is 6.36. The fraction of sp³-hybridized carbons (Fsp3) is 0.143. The molecular weight excluding hydrogens is 276 g/mol. The van der Waals surface area contributed by atoms with Gasteiger partial charge in [0, 0.05) is 20.3 Å². The molecule has 0 bridgehead atoms. The van der Waals surface area contributed by atoms with Crippen molar-refractivity contribution in [1.29, 1.82) is 0 Å². The number of halogens is 1. The van der Waals surface area contributed by atoms with Gasteiger partial charge in [0.25, 0.3) is 5.91 Å². The van der Waals surface area contributed by atoms with Gasteiger partial charge in [-0.2, -0.15) is 0 Å². The number of nitrogens with zero attached hydrogens (tertiary/aromatic N) is 2. The van der Waals surface area contributed by atoms with Crippen LogP contribution in [0.4, 0.5) is 17.1 Å². The molecule has 2 rings (SSSR count). The van der Waals surface area contributed by atoms with Crippen LogP contribution >= 0.6 is 11.6 Å². The molecule has 5 nitrogen and oxygen atoms in total. The molecular formula is C14H15ClN4O. The number of aromatic nitrogens is 1. The van der Waals surface area contributed by atoms with E-state index < -0.39 is 0 Å². The van der Waals surface area contributed by atoms with Crippen molar-refractivity contribution in [2.24, 2.45) is 0 Å². The lowest BCUT2D eigenvalue weighted by Crippen LogP contribution is -2.19. The highest BCUT2D eigenvalue weighted by atomic mass is 35.5. The third-order valence-corrected chi connectivity index (χ3v) is 3.04. The molecule has 0 saturated heterocycles. The van der Waals surface area contributed by atoms with E-state index in [-0.39, 0.29) is 11.6 Å². The van der Waals surface area contributed by atoms with Crippen molar-refractivity contribution in [3.05, 3.63) is 47.2 Å². The smallest absolute Gasteiger partial charge is 0.276 e. The Morgan fingerprint density at radius 1 is 1.30 bits per heavy atom. The van der Waals surface area contributed by atoms with Gasteiger partial charge in [0.1, 0.15) is 0 Å². The van der Waals surface area contributed by atoms with Crippen LogP contribution in [0.15, 0.2) is 36.5 Å². The van der Waals surface area contributed by atoms with E-state index in [0.717, 1.165) is 5.69 Å². The number of hydrogen-bond donors (Lipinski definition) is 2. The van der Waals surface area contributed by atoms with Crippen LogP contribution in [-0.4, -0.2) is 25.0 Å². The number of nitrogens with one attached hydrogen (secondary N) is 1. The molecule has 0 atom stereocenters. The summed E-state index contributed by atoms with van der Waals surface area (Å²) in [6, 6.07) is 8.62. The first kappa shape index (κ1) is 14.1. The van der Waals surface area contributed by atoms with Gasteiger partial charge in [-0.3, -0.25) is 4.79 Å². The van der Waals surface area contributed by atoms with Gasteiger partial charge in [0.15, 0.2) is 5.69 Å². The number of nitrogens with two attached hydrogens (primary N) is 1. The number of hydrogen-bond acceptors (Lipinski definition) is 4. The van der Waals surface area contributed by atoms with Gasteiger partial charge in [-0.1, -0.05) is 17.7 Å². The average molecular weight is 291 g/mol. The second-order valence-corrected chi connectivity index (χ2v) is 4.83. The fourth-order valence-corrected chi connectivity index (χ4v) is 2.20. The van der Waals surface area contributed by atoms with Gasteiger partial charge in [0.05, 0.1) is 22.1 Å². The second kappa shape index (κ2) is 5.79. The number of amides is 1. The molecule has 0 aliphatic carbocycles. The van der Waals surface area contributed by atoms with Crippen LogP contribution in [0.5, 0.6) is 0 Å². The molecule has 20 heavy (non-hydrogen) atoms. The minimum absolute atomic E-state index is 0.192. The molecule has 0 spiro atoms. The molecule has 0 unspecified atom stereocenters. The maximum Gasteiger partial charge on any atom is 0.276 e. The molecule has 0 saturated carbocycles. The monoisotopic (exact) mass is 290 g/mol. The number of rotatable bonds is 3. The molecule has 0 aliphatic heterocycles. The van der Waals surface area contributed by atoms with Gasteiger partial charge in [0.2, 0.25) is 0 Å². The molecule has 0 fully saturated rings. The van der Waals surface area contributed by atoms with Crippen LogP contribution in [0, 0.1) is 0 Å². The summed E-state index contributed by atoms with van der Waals surface area (Å²) in [6.45, 7) is 0. The standard InChI is InChI=1S/C14H15ClN4O/c1-19(2)13-9(15)5-3-7-11(13)18-14(20)12-10(16)6-4-8-17-12/h3-8H,16H2,1-2H3,(H,18,20). The zero-order valence-electron chi connectivity index (χ0n) is 11.2. The lowest BCUT2D eigenvalue weighted by molar-refractivity contribution is 0.102. The Balaban J connectivity index is 2.34. The van der Waals surface area contributed by atoms with E-state index in [2.05, 4.69) is 10.3 Å². The van der Waals surface area contributed by atoms with Crippen molar-refractivity contribution < 1.29 is 4.79 Å². The molecule has 2 aromatic rings. The van der Waals surface area contributed by atoms with E-state index in [1.165, 1.54) is 6.20 Å². The van der Waals surface area contributed by atoms with Gasteiger partial charge >= 0.3 is 0 Å².